The highest BCUT2D eigenvalue weighted by Crippen LogP contribution is 2.13. The lowest BCUT2D eigenvalue weighted by atomic mass is 10.1. The van der Waals surface area contributed by atoms with Crippen molar-refractivity contribution in [1.29, 1.82) is 0 Å². The molecule has 3 N–H and O–H groups in total. The van der Waals surface area contributed by atoms with Crippen LogP contribution in [0.5, 0.6) is 0 Å². The average Bonchev–Trinajstić information content (AvgIpc) is 2.29. The van der Waals surface area contributed by atoms with E-state index >= 15 is 0 Å². The molecule has 1 saturated heterocycles. The van der Waals surface area contributed by atoms with Gasteiger partial charge in [0.15, 0.2) is 0 Å². The van der Waals surface area contributed by atoms with E-state index < -0.39 is 22.8 Å². The van der Waals surface area contributed by atoms with Gasteiger partial charge in [0.2, 0.25) is 0 Å². The molecule has 1 atom stereocenters. The molecular formula is C10H13N3O4. The number of nitrogens with one attached hydrogen (secondary N) is 2. The molecule has 1 aliphatic rings. The Kier molecular flexibility index (Phi) is 3.10. The Balaban J connectivity index is 2.46. The van der Waals surface area contributed by atoms with Crippen LogP contribution in [0.1, 0.15) is 29.2 Å². The van der Waals surface area contributed by atoms with Gasteiger partial charge >= 0.3 is 11.7 Å². The SMILES string of the molecule is O=C(O)c1cn([C@H]2CCCNC2)c(=O)[nH]c1=O. The lowest BCUT2D eigenvalue weighted by molar-refractivity contribution is 0.0693. The number of nitrogens with zero attached hydrogens (tertiary/aromatic N) is 1. The largest absolute Gasteiger partial charge is 0.477 e. The molecule has 0 aliphatic carbocycles. The van der Waals surface area contributed by atoms with Gasteiger partial charge in [0.05, 0.1) is 6.04 Å². The van der Waals surface area contributed by atoms with Crippen LogP contribution in [0.2, 0.25) is 0 Å². The molecular weight excluding hydrogens is 226 g/mol. The van der Waals surface area contributed by atoms with Gasteiger partial charge < -0.3 is 10.4 Å². The minimum Gasteiger partial charge on any atom is -0.477 e. The second-order valence-corrected chi connectivity index (χ2v) is 4.01. The van der Waals surface area contributed by atoms with E-state index in [1.807, 2.05) is 4.98 Å². The van der Waals surface area contributed by atoms with Crippen LogP contribution in [0.4, 0.5) is 0 Å². The number of carbonyl (C=O) groups is 1. The standard InChI is InChI=1S/C10H13N3O4/c14-8-7(9(15)16)5-13(10(17)12-8)6-2-1-3-11-4-6/h5-6,11H,1-4H2,(H,15,16)(H,12,14,17)/t6-/m0/s1. The van der Waals surface area contributed by atoms with E-state index in [-0.39, 0.29) is 6.04 Å². The van der Waals surface area contributed by atoms with Crippen molar-refractivity contribution in [2.45, 2.75) is 18.9 Å². The van der Waals surface area contributed by atoms with Crippen LogP contribution in [0.15, 0.2) is 15.8 Å². The van der Waals surface area contributed by atoms with E-state index in [4.69, 9.17) is 5.11 Å². The third-order valence-corrected chi connectivity index (χ3v) is 2.86. The highest BCUT2D eigenvalue weighted by Gasteiger charge is 2.19. The van der Waals surface area contributed by atoms with Crippen molar-refractivity contribution in [1.82, 2.24) is 14.9 Å². The van der Waals surface area contributed by atoms with Crippen LogP contribution in [0, 0.1) is 0 Å². The molecule has 1 fully saturated rings. The summed E-state index contributed by atoms with van der Waals surface area (Å²) in [6.45, 7) is 1.49. The van der Waals surface area contributed by atoms with Crippen molar-refractivity contribution >= 4 is 5.97 Å². The van der Waals surface area contributed by atoms with E-state index in [2.05, 4.69) is 5.32 Å². The molecule has 0 aromatic carbocycles. The first-order valence-corrected chi connectivity index (χ1v) is 5.39. The predicted octanol–water partition coefficient (Wildman–Crippen LogP) is -0.841. The molecule has 17 heavy (non-hydrogen) atoms. The Morgan fingerprint density at radius 2 is 2.24 bits per heavy atom. The average molecular weight is 239 g/mol. The number of hydrogen-bond donors (Lipinski definition) is 3. The molecule has 0 saturated carbocycles. The maximum Gasteiger partial charge on any atom is 0.342 e. The lowest BCUT2D eigenvalue weighted by Crippen LogP contribution is -2.40. The van der Waals surface area contributed by atoms with Crippen LogP contribution >= 0.6 is 0 Å². The van der Waals surface area contributed by atoms with Gasteiger partial charge in [-0.15, -0.1) is 0 Å². The molecule has 2 heterocycles. The number of carboxylic acids is 1. The number of rotatable bonds is 2. The summed E-state index contributed by atoms with van der Waals surface area (Å²) >= 11 is 0. The minimum atomic E-state index is -1.33. The first-order valence-electron chi connectivity index (χ1n) is 5.39. The van der Waals surface area contributed by atoms with Crippen molar-refractivity contribution in [3.05, 3.63) is 32.6 Å². The number of carboxylic acid groups (broad SMARTS) is 1. The van der Waals surface area contributed by atoms with E-state index in [9.17, 15) is 14.4 Å². The molecule has 7 nitrogen and oxygen atoms in total. The second kappa shape index (κ2) is 4.54. The van der Waals surface area contributed by atoms with Crippen molar-refractivity contribution in [2.24, 2.45) is 0 Å². The number of aromatic carboxylic acids is 1. The van der Waals surface area contributed by atoms with Crippen molar-refractivity contribution in [3.8, 4) is 0 Å². The summed E-state index contributed by atoms with van der Waals surface area (Å²) in [6.07, 6.45) is 2.83. The monoisotopic (exact) mass is 239 g/mol. The number of aromatic amines is 1. The molecule has 1 aromatic rings. The number of aromatic nitrogens is 2. The number of hydrogen-bond acceptors (Lipinski definition) is 4. The molecule has 0 amide bonds. The van der Waals surface area contributed by atoms with Crippen LogP contribution in [-0.2, 0) is 0 Å². The first kappa shape index (κ1) is 11.6. The summed E-state index contributed by atoms with van der Waals surface area (Å²) in [7, 11) is 0. The molecule has 0 bridgehead atoms. The summed E-state index contributed by atoms with van der Waals surface area (Å²) in [5, 5.41) is 12.0. The van der Waals surface area contributed by atoms with E-state index in [0.29, 0.717) is 6.54 Å². The third-order valence-electron chi connectivity index (χ3n) is 2.86. The Morgan fingerprint density at radius 1 is 1.47 bits per heavy atom. The summed E-state index contributed by atoms with van der Waals surface area (Å²) in [5.74, 6) is -1.33. The molecule has 1 aromatic heterocycles. The Labute approximate surface area is 96.1 Å². The van der Waals surface area contributed by atoms with Crippen LogP contribution in [0.25, 0.3) is 0 Å². The Bertz CT molecular complexity index is 539. The number of H-pyrrole nitrogens is 1. The molecule has 1 aliphatic heterocycles. The molecule has 0 unspecified atom stereocenters. The van der Waals surface area contributed by atoms with E-state index in [1.165, 1.54) is 4.57 Å². The zero-order chi connectivity index (χ0) is 12.4. The molecule has 0 radical (unpaired) electrons. The Morgan fingerprint density at radius 3 is 2.82 bits per heavy atom. The fourth-order valence-corrected chi connectivity index (χ4v) is 1.98. The molecule has 92 valence electrons. The van der Waals surface area contributed by atoms with Gasteiger partial charge in [-0.1, -0.05) is 0 Å². The van der Waals surface area contributed by atoms with Gasteiger partial charge in [-0.05, 0) is 19.4 Å². The Hall–Kier alpha value is -1.89. The van der Waals surface area contributed by atoms with Crippen molar-refractivity contribution in [3.63, 3.8) is 0 Å². The third kappa shape index (κ3) is 2.28. The van der Waals surface area contributed by atoms with Crippen LogP contribution in [0.3, 0.4) is 0 Å². The van der Waals surface area contributed by atoms with Gasteiger partial charge in [-0.3, -0.25) is 14.3 Å². The summed E-state index contributed by atoms with van der Waals surface area (Å²) in [6, 6.07) is -0.105. The van der Waals surface area contributed by atoms with Gasteiger partial charge in [-0.25, -0.2) is 9.59 Å². The zero-order valence-electron chi connectivity index (χ0n) is 9.10. The summed E-state index contributed by atoms with van der Waals surface area (Å²) in [4.78, 5) is 35.7. The quantitative estimate of drug-likeness (QED) is 0.624. The predicted molar refractivity (Wildman–Crippen MR) is 59.4 cm³/mol. The molecule has 2 rings (SSSR count). The highest BCUT2D eigenvalue weighted by atomic mass is 16.4. The van der Waals surface area contributed by atoms with E-state index in [0.717, 1.165) is 25.6 Å². The van der Waals surface area contributed by atoms with Gasteiger partial charge in [0.1, 0.15) is 5.56 Å². The van der Waals surface area contributed by atoms with Crippen LogP contribution in [-0.4, -0.2) is 33.7 Å². The number of piperidine rings is 1. The zero-order valence-corrected chi connectivity index (χ0v) is 9.10. The molecule has 7 heteroatoms. The topological polar surface area (TPSA) is 104 Å². The van der Waals surface area contributed by atoms with E-state index in [1.54, 1.807) is 0 Å². The first-order chi connectivity index (χ1) is 8.09. The smallest absolute Gasteiger partial charge is 0.342 e. The van der Waals surface area contributed by atoms with Crippen molar-refractivity contribution < 1.29 is 9.90 Å². The summed E-state index contributed by atoms with van der Waals surface area (Å²) in [5.41, 5.74) is -1.83. The normalized spacial score (nSPS) is 20.1. The summed E-state index contributed by atoms with van der Waals surface area (Å²) < 4.78 is 1.29. The highest BCUT2D eigenvalue weighted by molar-refractivity contribution is 5.86. The minimum absolute atomic E-state index is 0.105. The van der Waals surface area contributed by atoms with Crippen molar-refractivity contribution in [2.75, 3.05) is 13.1 Å². The second-order valence-electron chi connectivity index (χ2n) is 4.01. The fourth-order valence-electron chi connectivity index (χ4n) is 1.98. The van der Waals surface area contributed by atoms with Gasteiger partial charge in [-0.2, -0.15) is 0 Å². The van der Waals surface area contributed by atoms with Gasteiger partial charge in [0.25, 0.3) is 5.56 Å². The fraction of sp³-hybridized carbons (Fsp3) is 0.500. The maximum absolute atomic E-state index is 11.6. The maximum atomic E-state index is 11.6. The molecule has 0 spiro atoms. The lowest BCUT2D eigenvalue weighted by Gasteiger charge is -2.24. The van der Waals surface area contributed by atoms with Gasteiger partial charge in [0, 0.05) is 12.7 Å². The van der Waals surface area contributed by atoms with Crippen LogP contribution < -0.4 is 16.6 Å².